The first-order chi connectivity index (χ1) is 15.9. The van der Waals surface area contributed by atoms with E-state index in [1.807, 2.05) is 70.2 Å². The molecule has 0 radical (unpaired) electrons. The average Bonchev–Trinajstić information content (AvgIpc) is 2.75. The minimum absolute atomic E-state index is 0.0131. The Bertz CT molecular complexity index is 982. The van der Waals surface area contributed by atoms with Gasteiger partial charge in [-0.05, 0) is 63.9 Å². The first kappa shape index (κ1) is 27.9. The molecule has 0 heterocycles. The number of hydrogen-bond acceptors (Lipinski definition) is 3. The van der Waals surface area contributed by atoms with E-state index in [9.17, 15) is 9.59 Å². The lowest BCUT2D eigenvalue weighted by atomic mass is 9.87. The Morgan fingerprint density at radius 2 is 1.82 bits per heavy atom. The van der Waals surface area contributed by atoms with Crippen LogP contribution in [0.2, 0.25) is 0 Å². The minimum atomic E-state index is -0.568. The van der Waals surface area contributed by atoms with Crippen LogP contribution in [0.25, 0.3) is 0 Å². The third-order valence-electron chi connectivity index (χ3n) is 5.65. The number of hydrogen-bond donors (Lipinski definition) is 1. The van der Waals surface area contributed by atoms with Crippen molar-refractivity contribution in [1.29, 1.82) is 0 Å². The summed E-state index contributed by atoms with van der Waals surface area (Å²) in [5.41, 5.74) is 3.28. The van der Waals surface area contributed by atoms with Gasteiger partial charge in [0.15, 0.2) is 6.61 Å². The molecule has 0 aliphatic carbocycles. The highest BCUT2D eigenvalue weighted by atomic mass is 79.9. The molecule has 2 aromatic rings. The molecule has 2 rings (SSSR count). The van der Waals surface area contributed by atoms with E-state index >= 15 is 0 Å². The standard InChI is InChI=1S/C28H39BrN2O3/c1-8-24(27(33)30-16-19(2)3)31(17-21-11-9-10-20(4)14-21)26(32)18-34-25-13-12-22(15-23(25)29)28(5,6)7/h9-15,19,24H,8,16-18H2,1-7H3,(H,30,33)/t24-/m1/s1. The molecule has 0 aliphatic rings. The van der Waals surface area contributed by atoms with Crippen LogP contribution in [0.15, 0.2) is 46.9 Å². The van der Waals surface area contributed by atoms with Gasteiger partial charge < -0.3 is 15.0 Å². The monoisotopic (exact) mass is 530 g/mol. The highest BCUT2D eigenvalue weighted by Gasteiger charge is 2.29. The van der Waals surface area contributed by atoms with Crippen molar-refractivity contribution in [2.24, 2.45) is 5.92 Å². The van der Waals surface area contributed by atoms with Gasteiger partial charge in [0, 0.05) is 13.1 Å². The second kappa shape index (κ2) is 12.4. The van der Waals surface area contributed by atoms with Crippen LogP contribution in [0.5, 0.6) is 5.75 Å². The fraction of sp³-hybridized carbons (Fsp3) is 0.500. The van der Waals surface area contributed by atoms with E-state index in [4.69, 9.17) is 4.74 Å². The lowest BCUT2D eigenvalue weighted by Crippen LogP contribution is -2.50. The lowest BCUT2D eigenvalue weighted by molar-refractivity contribution is -0.143. The molecule has 2 aromatic carbocycles. The van der Waals surface area contributed by atoms with Crippen molar-refractivity contribution in [3.8, 4) is 5.75 Å². The Morgan fingerprint density at radius 1 is 1.12 bits per heavy atom. The van der Waals surface area contributed by atoms with E-state index in [1.54, 1.807) is 4.90 Å². The molecule has 0 aliphatic heterocycles. The largest absolute Gasteiger partial charge is 0.483 e. The number of amides is 2. The van der Waals surface area contributed by atoms with E-state index < -0.39 is 6.04 Å². The van der Waals surface area contributed by atoms with Crippen LogP contribution in [-0.2, 0) is 21.5 Å². The van der Waals surface area contributed by atoms with Gasteiger partial charge in [-0.15, -0.1) is 0 Å². The van der Waals surface area contributed by atoms with Gasteiger partial charge in [-0.3, -0.25) is 9.59 Å². The third kappa shape index (κ3) is 8.15. The maximum atomic E-state index is 13.4. The second-order valence-electron chi connectivity index (χ2n) is 10.3. The summed E-state index contributed by atoms with van der Waals surface area (Å²) in [5.74, 6) is 0.584. The topological polar surface area (TPSA) is 58.6 Å². The van der Waals surface area contributed by atoms with Crippen molar-refractivity contribution in [1.82, 2.24) is 10.2 Å². The Balaban J connectivity index is 2.23. The maximum absolute atomic E-state index is 13.4. The molecular weight excluding hydrogens is 492 g/mol. The SMILES string of the molecule is CC[C@H](C(=O)NCC(C)C)N(Cc1cccc(C)c1)C(=O)COc1ccc(C(C)(C)C)cc1Br. The van der Waals surface area contributed by atoms with Crippen molar-refractivity contribution in [3.05, 3.63) is 63.6 Å². The van der Waals surface area contributed by atoms with Crippen molar-refractivity contribution in [2.45, 2.75) is 72.9 Å². The molecular formula is C28H39BrN2O3. The number of halogens is 1. The molecule has 6 heteroatoms. The van der Waals surface area contributed by atoms with Gasteiger partial charge in [-0.2, -0.15) is 0 Å². The predicted molar refractivity (Wildman–Crippen MR) is 142 cm³/mol. The normalized spacial score (nSPS) is 12.4. The van der Waals surface area contributed by atoms with Gasteiger partial charge in [-0.25, -0.2) is 0 Å². The van der Waals surface area contributed by atoms with E-state index in [2.05, 4.69) is 42.0 Å². The van der Waals surface area contributed by atoms with Crippen LogP contribution in [0.4, 0.5) is 0 Å². The number of nitrogens with zero attached hydrogens (tertiary/aromatic N) is 1. The molecule has 0 aromatic heterocycles. The molecule has 186 valence electrons. The summed E-state index contributed by atoms with van der Waals surface area (Å²) < 4.78 is 6.72. The maximum Gasteiger partial charge on any atom is 0.261 e. The summed E-state index contributed by atoms with van der Waals surface area (Å²) in [5, 5.41) is 2.99. The van der Waals surface area contributed by atoms with Gasteiger partial charge in [0.25, 0.3) is 5.91 Å². The fourth-order valence-electron chi connectivity index (χ4n) is 3.66. The fourth-order valence-corrected chi connectivity index (χ4v) is 4.15. The van der Waals surface area contributed by atoms with Crippen molar-refractivity contribution < 1.29 is 14.3 Å². The first-order valence-corrected chi connectivity index (χ1v) is 12.8. The Labute approximate surface area is 213 Å². The molecule has 0 saturated carbocycles. The molecule has 0 unspecified atom stereocenters. The molecule has 2 amide bonds. The Morgan fingerprint density at radius 3 is 2.38 bits per heavy atom. The number of carbonyl (C=O) groups excluding carboxylic acids is 2. The molecule has 1 atom stereocenters. The van der Waals surface area contributed by atoms with E-state index in [-0.39, 0.29) is 23.8 Å². The van der Waals surface area contributed by atoms with E-state index in [1.165, 1.54) is 5.56 Å². The first-order valence-electron chi connectivity index (χ1n) is 12.0. The van der Waals surface area contributed by atoms with Crippen molar-refractivity contribution in [3.63, 3.8) is 0 Å². The number of nitrogens with one attached hydrogen (secondary N) is 1. The highest BCUT2D eigenvalue weighted by Crippen LogP contribution is 2.31. The smallest absolute Gasteiger partial charge is 0.261 e. The number of aryl methyl sites for hydroxylation is 1. The van der Waals surface area contributed by atoms with Crippen molar-refractivity contribution in [2.75, 3.05) is 13.2 Å². The molecule has 0 fully saturated rings. The van der Waals surface area contributed by atoms with Crippen LogP contribution in [-0.4, -0.2) is 35.9 Å². The lowest BCUT2D eigenvalue weighted by Gasteiger charge is -2.31. The summed E-state index contributed by atoms with van der Waals surface area (Å²) in [6.07, 6.45) is 0.519. The van der Waals surface area contributed by atoms with E-state index in [0.717, 1.165) is 15.6 Å². The van der Waals surface area contributed by atoms with Gasteiger partial charge in [-0.1, -0.05) is 77.4 Å². The number of ether oxygens (including phenoxy) is 1. The molecule has 1 N–H and O–H groups in total. The zero-order valence-corrected chi connectivity index (χ0v) is 23.2. The molecule has 0 spiro atoms. The number of benzene rings is 2. The summed E-state index contributed by atoms with van der Waals surface area (Å²) in [4.78, 5) is 28.0. The van der Waals surface area contributed by atoms with Gasteiger partial charge in [0.1, 0.15) is 11.8 Å². The predicted octanol–water partition coefficient (Wildman–Crippen LogP) is 6.01. The number of carbonyl (C=O) groups is 2. The zero-order chi connectivity index (χ0) is 25.5. The van der Waals surface area contributed by atoms with Crippen LogP contribution in [0.3, 0.4) is 0 Å². The average molecular weight is 532 g/mol. The summed E-state index contributed by atoms with van der Waals surface area (Å²) in [6.45, 7) is 15.3. The minimum Gasteiger partial charge on any atom is -0.483 e. The highest BCUT2D eigenvalue weighted by molar-refractivity contribution is 9.10. The van der Waals surface area contributed by atoms with Crippen molar-refractivity contribution >= 4 is 27.7 Å². The van der Waals surface area contributed by atoms with Crippen LogP contribution in [0.1, 0.15) is 64.7 Å². The zero-order valence-electron chi connectivity index (χ0n) is 21.6. The molecule has 5 nitrogen and oxygen atoms in total. The number of rotatable bonds is 10. The van der Waals surface area contributed by atoms with Crippen LogP contribution < -0.4 is 10.1 Å². The van der Waals surface area contributed by atoms with Gasteiger partial charge in [0.05, 0.1) is 4.47 Å². The summed E-state index contributed by atoms with van der Waals surface area (Å²) in [6, 6.07) is 13.4. The summed E-state index contributed by atoms with van der Waals surface area (Å²) in [7, 11) is 0. The van der Waals surface area contributed by atoms with Crippen LogP contribution in [0, 0.1) is 12.8 Å². The van der Waals surface area contributed by atoms with Gasteiger partial charge >= 0.3 is 0 Å². The Hall–Kier alpha value is -2.34. The van der Waals surface area contributed by atoms with Gasteiger partial charge in [0.2, 0.25) is 5.91 Å². The second-order valence-corrected chi connectivity index (χ2v) is 11.1. The molecule has 0 saturated heterocycles. The quantitative estimate of drug-likeness (QED) is 0.408. The summed E-state index contributed by atoms with van der Waals surface area (Å²) >= 11 is 3.57. The van der Waals surface area contributed by atoms with Crippen LogP contribution >= 0.6 is 15.9 Å². The molecule has 34 heavy (non-hydrogen) atoms. The molecule has 0 bridgehead atoms. The Kier molecular flexibility index (Phi) is 10.2. The third-order valence-corrected chi connectivity index (χ3v) is 6.27. The van der Waals surface area contributed by atoms with E-state index in [0.29, 0.717) is 31.2 Å².